The van der Waals surface area contributed by atoms with Crippen molar-refractivity contribution in [3.05, 3.63) is 42.6 Å². The third-order valence-corrected chi connectivity index (χ3v) is 9.68. The fourth-order valence-electron chi connectivity index (χ4n) is 5.71. The maximum absolute atomic E-state index is 13.6. The SMILES string of the molecule is O=S(=O)(CCO)Nc1ccc(-c2ncc(-c3cccc(N4CCC(F)(F)CC4)n3)[nH]2)c(N2CCC3(CC2)CC3)c1. The van der Waals surface area contributed by atoms with Gasteiger partial charge in [-0.05, 0) is 61.4 Å². The third-order valence-electron chi connectivity index (χ3n) is 8.41. The zero-order valence-corrected chi connectivity index (χ0v) is 23.1. The lowest BCUT2D eigenvalue weighted by Crippen LogP contribution is -2.39. The largest absolute Gasteiger partial charge is 0.395 e. The van der Waals surface area contributed by atoms with Crippen LogP contribution in [0.4, 0.5) is 26.0 Å². The average molecular weight is 573 g/mol. The first kappa shape index (κ1) is 26.9. The minimum absolute atomic E-state index is 0.181. The molecular weight excluding hydrogens is 538 g/mol. The summed E-state index contributed by atoms with van der Waals surface area (Å²) in [6.45, 7) is 1.82. The Morgan fingerprint density at radius 1 is 0.975 bits per heavy atom. The molecule has 3 aromatic rings. The van der Waals surface area contributed by atoms with Crippen molar-refractivity contribution >= 4 is 27.2 Å². The van der Waals surface area contributed by atoms with Crippen LogP contribution >= 0.6 is 0 Å². The lowest BCUT2D eigenvalue weighted by atomic mass is 9.93. The van der Waals surface area contributed by atoms with E-state index >= 15 is 0 Å². The van der Waals surface area contributed by atoms with E-state index in [9.17, 15) is 17.2 Å². The lowest BCUT2D eigenvalue weighted by molar-refractivity contribution is -0.0221. The van der Waals surface area contributed by atoms with Crippen LogP contribution in [0.25, 0.3) is 22.8 Å². The predicted octanol–water partition coefficient (Wildman–Crippen LogP) is 4.49. The quantitative estimate of drug-likeness (QED) is 0.365. The van der Waals surface area contributed by atoms with Crippen molar-refractivity contribution in [2.45, 2.75) is 44.4 Å². The van der Waals surface area contributed by atoms with Crippen molar-refractivity contribution in [1.82, 2.24) is 15.0 Å². The van der Waals surface area contributed by atoms with Gasteiger partial charge < -0.3 is 19.9 Å². The van der Waals surface area contributed by atoms with E-state index in [2.05, 4.69) is 19.6 Å². The van der Waals surface area contributed by atoms with Gasteiger partial charge in [-0.3, -0.25) is 4.72 Å². The molecule has 3 fully saturated rings. The molecule has 0 radical (unpaired) electrons. The highest BCUT2D eigenvalue weighted by atomic mass is 32.2. The van der Waals surface area contributed by atoms with Crippen LogP contribution < -0.4 is 14.5 Å². The van der Waals surface area contributed by atoms with Crippen LogP contribution in [0.5, 0.6) is 0 Å². The number of imidazole rings is 1. The van der Waals surface area contributed by atoms with Crippen LogP contribution in [0.2, 0.25) is 0 Å². The molecule has 0 unspecified atom stereocenters. The van der Waals surface area contributed by atoms with Gasteiger partial charge in [-0.1, -0.05) is 6.07 Å². The molecule has 0 bridgehead atoms. The minimum atomic E-state index is -3.67. The van der Waals surface area contributed by atoms with Crippen molar-refractivity contribution in [1.29, 1.82) is 0 Å². The van der Waals surface area contributed by atoms with Crippen LogP contribution in [0.1, 0.15) is 38.5 Å². The summed E-state index contributed by atoms with van der Waals surface area (Å²) in [4.78, 5) is 16.9. The van der Waals surface area contributed by atoms with Crippen LogP contribution in [-0.4, -0.2) is 72.9 Å². The fourth-order valence-corrected chi connectivity index (χ4v) is 6.54. The smallest absolute Gasteiger partial charge is 0.251 e. The van der Waals surface area contributed by atoms with Gasteiger partial charge in [0.15, 0.2) is 0 Å². The normalized spacial score (nSPS) is 20.1. The summed E-state index contributed by atoms with van der Waals surface area (Å²) in [6.07, 6.45) is 6.12. The lowest BCUT2D eigenvalue weighted by Gasteiger charge is -2.35. The Hall–Kier alpha value is -3.25. The molecule has 3 aliphatic rings. The van der Waals surface area contributed by atoms with Gasteiger partial charge in [0.1, 0.15) is 11.6 Å². The van der Waals surface area contributed by atoms with E-state index in [1.165, 1.54) is 12.8 Å². The minimum Gasteiger partial charge on any atom is -0.395 e. The molecule has 0 atom stereocenters. The number of pyridine rings is 1. The molecule has 40 heavy (non-hydrogen) atoms. The number of nitrogens with zero attached hydrogens (tertiary/aromatic N) is 4. The Balaban J connectivity index is 1.28. The van der Waals surface area contributed by atoms with Gasteiger partial charge in [-0.25, -0.2) is 27.2 Å². The van der Waals surface area contributed by atoms with Crippen molar-refractivity contribution < 1.29 is 22.3 Å². The van der Waals surface area contributed by atoms with E-state index in [1.54, 1.807) is 12.3 Å². The van der Waals surface area contributed by atoms with E-state index in [0.29, 0.717) is 34.1 Å². The highest BCUT2D eigenvalue weighted by Gasteiger charge is 2.44. The maximum atomic E-state index is 13.6. The van der Waals surface area contributed by atoms with Gasteiger partial charge >= 0.3 is 0 Å². The van der Waals surface area contributed by atoms with Gasteiger partial charge in [-0.15, -0.1) is 0 Å². The van der Waals surface area contributed by atoms with E-state index < -0.39 is 22.6 Å². The van der Waals surface area contributed by atoms with Gasteiger partial charge in [0, 0.05) is 50.3 Å². The van der Waals surface area contributed by atoms with Gasteiger partial charge in [0.05, 0.1) is 35.6 Å². The summed E-state index contributed by atoms with van der Waals surface area (Å²) in [6, 6.07) is 11.0. The number of halogens is 2. The number of nitrogens with one attached hydrogen (secondary N) is 2. The summed E-state index contributed by atoms with van der Waals surface area (Å²) < 4.78 is 54.5. The van der Waals surface area contributed by atoms with Gasteiger partial charge in [0.2, 0.25) is 10.0 Å². The summed E-state index contributed by atoms with van der Waals surface area (Å²) in [5.74, 6) is -1.70. The molecule has 214 valence electrons. The molecule has 3 N–H and O–H groups in total. The first-order valence-corrected chi connectivity index (χ1v) is 15.5. The zero-order valence-electron chi connectivity index (χ0n) is 22.2. The molecule has 1 aromatic carbocycles. The molecule has 9 nitrogen and oxygen atoms in total. The average Bonchev–Trinajstić information content (AvgIpc) is 3.49. The van der Waals surface area contributed by atoms with Gasteiger partial charge in [-0.2, -0.15) is 0 Å². The second kappa shape index (κ2) is 10.3. The second-order valence-corrected chi connectivity index (χ2v) is 13.1. The summed E-state index contributed by atoms with van der Waals surface area (Å²) in [7, 11) is -3.67. The number of H-pyrrole nitrogens is 1. The van der Waals surface area contributed by atoms with Gasteiger partial charge in [0.25, 0.3) is 5.92 Å². The molecular formula is C28H34F2N6O3S. The fraction of sp³-hybridized carbons (Fsp3) is 0.500. The number of aliphatic hydroxyl groups excluding tert-OH is 1. The molecule has 4 heterocycles. The number of piperidine rings is 2. The summed E-state index contributed by atoms with van der Waals surface area (Å²) in [5, 5.41) is 9.12. The number of hydrogen-bond donors (Lipinski definition) is 3. The maximum Gasteiger partial charge on any atom is 0.251 e. The number of anilines is 3. The highest BCUT2D eigenvalue weighted by Crippen LogP contribution is 2.54. The molecule has 6 rings (SSSR count). The number of aromatic amines is 1. The van der Waals surface area contributed by atoms with Crippen molar-refractivity contribution in [2.75, 3.05) is 53.1 Å². The Kier molecular flexibility index (Phi) is 6.94. The molecule has 2 aliphatic heterocycles. The van der Waals surface area contributed by atoms with E-state index in [1.807, 2.05) is 35.2 Å². The Morgan fingerprint density at radius 3 is 2.40 bits per heavy atom. The number of sulfonamides is 1. The monoisotopic (exact) mass is 572 g/mol. The molecule has 12 heteroatoms. The highest BCUT2D eigenvalue weighted by molar-refractivity contribution is 7.92. The molecule has 1 saturated carbocycles. The first-order chi connectivity index (χ1) is 19.1. The summed E-state index contributed by atoms with van der Waals surface area (Å²) in [5.41, 5.74) is 4.02. The number of aromatic nitrogens is 3. The Labute approximate surface area is 232 Å². The topological polar surface area (TPSA) is 114 Å². The molecule has 1 aliphatic carbocycles. The number of aliphatic hydroxyl groups is 1. The Bertz CT molecular complexity index is 1470. The van der Waals surface area contributed by atoms with Crippen LogP contribution in [0.3, 0.4) is 0 Å². The molecule has 1 spiro atoms. The van der Waals surface area contributed by atoms with E-state index in [4.69, 9.17) is 10.1 Å². The number of rotatable bonds is 8. The number of hydrogen-bond acceptors (Lipinski definition) is 7. The predicted molar refractivity (Wildman–Crippen MR) is 151 cm³/mol. The standard InChI is InChI=1S/C28H34F2N6O3S/c29-28(30)10-14-36(15-11-28)25-3-1-2-22(32-25)23-19-31-26(33-23)21-5-4-20(34-40(38,39)17-16-37)18-24(21)35-12-8-27(6-7-27)9-13-35/h1-5,18-19,34,37H,6-17H2,(H,31,33). The third kappa shape index (κ3) is 5.78. The van der Waals surface area contributed by atoms with Crippen LogP contribution in [0.15, 0.2) is 42.6 Å². The van der Waals surface area contributed by atoms with Crippen LogP contribution in [-0.2, 0) is 10.0 Å². The molecule has 0 amide bonds. The molecule has 2 saturated heterocycles. The first-order valence-electron chi connectivity index (χ1n) is 13.8. The van der Waals surface area contributed by atoms with E-state index in [0.717, 1.165) is 37.2 Å². The van der Waals surface area contributed by atoms with Crippen molar-refractivity contribution in [3.8, 4) is 22.8 Å². The zero-order chi connectivity index (χ0) is 28.0. The number of benzene rings is 1. The molecule has 2 aromatic heterocycles. The van der Waals surface area contributed by atoms with E-state index in [-0.39, 0.29) is 31.7 Å². The Morgan fingerprint density at radius 2 is 1.70 bits per heavy atom. The number of alkyl halides is 2. The summed E-state index contributed by atoms with van der Waals surface area (Å²) >= 11 is 0. The van der Waals surface area contributed by atoms with Crippen molar-refractivity contribution in [3.63, 3.8) is 0 Å². The van der Waals surface area contributed by atoms with Crippen molar-refractivity contribution in [2.24, 2.45) is 5.41 Å². The second-order valence-electron chi connectivity index (χ2n) is 11.2. The van der Waals surface area contributed by atoms with Crippen LogP contribution in [0, 0.1) is 5.41 Å².